The number of rotatable bonds is 6. The summed E-state index contributed by atoms with van der Waals surface area (Å²) in [6, 6.07) is 9.94. The third kappa shape index (κ3) is 5.59. The molecule has 1 heterocycles. The van der Waals surface area contributed by atoms with Gasteiger partial charge in [-0.3, -0.25) is 14.4 Å². The van der Waals surface area contributed by atoms with Crippen molar-refractivity contribution in [2.45, 2.75) is 45.7 Å². The lowest BCUT2D eigenvalue weighted by Gasteiger charge is -2.31. The average molecular weight is 345 g/mol. The fourth-order valence-corrected chi connectivity index (χ4v) is 3.10. The Hall–Kier alpha value is -2.37. The van der Waals surface area contributed by atoms with Gasteiger partial charge in [-0.2, -0.15) is 0 Å². The van der Waals surface area contributed by atoms with Crippen LogP contribution in [0.3, 0.4) is 0 Å². The van der Waals surface area contributed by atoms with Gasteiger partial charge in [-0.1, -0.05) is 37.3 Å². The van der Waals surface area contributed by atoms with E-state index in [1.807, 2.05) is 42.2 Å². The van der Waals surface area contributed by atoms with Crippen LogP contribution in [0.25, 0.3) is 0 Å². The lowest BCUT2D eigenvalue weighted by molar-refractivity contribution is -0.133. The van der Waals surface area contributed by atoms with E-state index in [4.69, 9.17) is 0 Å². The first kappa shape index (κ1) is 19.0. The van der Waals surface area contributed by atoms with Crippen LogP contribution in [0.1, 0.15) is 38.7 Å². The van der Waals surface area contributed by atoms with Crippen molar-refractivity contribution in [1.82, 2.24) is 15.1 Å². The molecule has 6 nitrogen and oxygen atoms in total. The number of nitrogens with one attached hydrogen (secondary N) is 1. The van der Waals surface area contributed by atoms with Crippen molar-refractivity contribution in [2.24, 2.45) is 0 Å². The summed E-state index contributed by atoms with van der Waals surface area (Å²) in [6.07, 6.45) is 1.41. The molecule has 136 valence electrons. The van der Waals surface area contributed by atoms with Gasteiger partial charge in [0.25, 0.3) is 0 Å². The molecule has 2 rings (SSSR count). The first-order valence-electron chi connectivity index (χ1n) is 8.86. The summed E-state index contributed by atoms with van der Waals surface area (Å²) >= 11 is 0. The van der Waals surface area contributed by atoms with Crippen LogP contribution in [0.15, 0.2) is 30.3 Å². The van der Waals surface area contributed by atoms with Crippen LogP contribution < -0.4 is 5.32 Å². The second-order valence-corrected chi connectivity index (χ2v) is 6.39. The monoisotopic (exact) mass is 345 g/mol. The Kier molecular flexibility index (Phi) is 6.98. The fourth-order valence-electron chi connectivity index (χ4n) is 3.10. The summed E-state index contributed by atoms with van der Waals surface area (Å²) < 4.78 is 0. The molecule has 6 heteroatoms. The molecule has 1 aromatic rings. The van der Waals surface area contributed by atoms with Gasteiger partial charge in [0.1, 0.15) is 0 Å². The van der Waals surface area contributed by atoms with Crippen LogP contribution >= 0.6 is 0 Å². The van der Waals surface area contributed by atoms with Crippen LogP contribution in [-0.2, 0) is 20.9 Å². The zero-order valence-corrected chi connectivity index (χ0v) is 15.0. The number of carbonyl (C=O) groups excluding carboxylic acids is 3. The molecule has 0 aliphatic carbocycles. The van der Waals surface area contributed by atoms with Crippen molar-refractivity contribution in [1.29, 1.82) is 0 Å². The number of amides is 3. The molecule has 0 radical (unpaired) electrons. The van der Waals surface area contributed by atoms with E-state index in [-0.39, 0.29) is 30.2 Å². The van der Waals surface area contributed by atoms with Crippen LogP contribution in [0.4, 0.5) is 0 Å². The second-order valence-electron chi connectivity index (χ2n) is 6.39. The Labute approximate surface area is 149 Å². The Balaban J connectivity index is 2.01. The van der Waals surface area contributed by atoms with Crippen LogP contribution in [0.2, 0.25) is 0 Å². The molecule has 0 saturated carbocycles. The maximum atomic E-state index is 12.6. The van der Waals surface area contributed by atoms with Gasteiger partial charge < -0.3 is 15.1 Å². The maximum Gasteiger partial charge on any atom is 0.224 e. The van der Waals surface area contributed by atoms with E-state index in [2.05, 4.69) is 5.32 Å². The van der Waals surface area contributed by atoms with Crippen molar-refractivity contribution in [3.05, 3.63) is 35.9 Å². The zero-order chi connectivity index (χ0) is 18.2. The largest absolute Gasteiger partial charge is 0.356 e. The van der Waals surface area contributed by atoms with Gasteiger partial charge in [0.2, 0.25) is 17.7 Å². The van der Waals surface area contributed by atoms with E-state index in [0.717, 1.165) is 12.0 Å². The van der Waals surface area contributed by atoms with Crippen molar-refractivity contribution < 1.29 is 14.4 Å². The van der Waals surface area contributed by atoms with Crippen molar-refractivity contribution in [2.75, 3.05) is 19.6 Å². The Bertz CT molecular complexity index is 603. The molecule has 0 spiro atoms. The molecule has 3 amide bonds. The summed E-state index contributed by atoms with van der Waals surface area (Å²) in [5.41, 5.74) is 1.10. The third-order valence-electron chi connectivity index (χ3n) is 4.52. The van der Waals surface area contributed by atoms with E-state index in [1.54, 1.807) is 4.90 Å². The van der Waals surface area contributed by atoms with Crippen molar-refractivity contribution in [3.63, 3.8) is 0 Å². The molecule has 1 atom stereocenters. The highest BCUT2D eigenvalue weighted by Crippen LogP contribution is 2.18. The topological polar surface area (TPSA) is 69.7 Å². The Morgan fingerprint density at radius 3 is 2.60 bits per heavy atom. The van der Waals surface area contributed by atoms with Gasteiger partial charge in [0.05, 0.1) is 0 Å². The summed E-state index contributed by atoms with van der Waals surface area (Å²) in [4.78, 5) is 39.6. The normalized spacial score (nSPS) is 18.0. The van der Waals surface area contributed by atoms with E-state index in [0.29, 0.717) is 32.6 Å². The van der Waals surface area contributed by atoms with Gasteiger partial charge in [0, 0.05) is 52.0 Å². The van der Waals surface area contributed by atoms with Crippen LogP contribution in [-0.4, -0.2) is 53.2 Å². The van der Waals surface area contributed by atoms with Gasteiger partial charge >= 0.3 is 0 Å². The molecule has 1 unspecified atom stereocenters. The smallest absolute Gasteiger partial charge is 0.224 e. The lowest BCUT2D eigenvalue weighted by atomic mass is 10.1. The minimum atomic E-state index is -0.140. The highest BCUT2D eigenvalue weighted by Gasteiger charge is 2.30. The molecule has 1 N–H and O–H groups in total. The molecular formula is C19H27N3O3. The molecule has 0 bridgehead atoms. The van der Waals surface area contributed by atoms with Gasteiger partial charge in [-0.25, -0.2) is 0 Å². The molecule has 1 fully saturated rings. The van der Waals surface area contributed by atoms with E-state index >= 15 is 0 Å². The summed E-state index contributed by atoms with van der Waals surface area (Å²) in [6.45, 7) is 5.38. The SMILES string of the molecule is CCC1CN(C(=O)CCNC(C)=O)CCC(=O)N1Cc1ccccc1. The molecule has 1 aliphatic rings. The van der Waals surface area contributed by atoms with Crippen molar-refractivity contribution >= 4 is 17.7 Å². The van der Waals surface area contributed by atoms with Gasteiger partial charge in [-0.05, 0) is 12.0 Å². The zero-order valence-electron chi connectivity index (χ0n) is 15.0. The number of benzene rings is 1. The number of nitrogens with zero attached hydrogens (tertiary/aromatic N) is 2. The predicted octanol–water partition coefficient (Wildman–Crippen LogP) is 1.55. The van der Waals surface area contributed by atoms with E-state index in [9.17, 15) is 14.4 Å². The van der Waals surface area contributed by atoms with Gasteiger partial charge in [0.15, 0.2) is 0 Å². The summed E-state index contributed by atoms with van der Waals surface area (Å²) in [5.74, 6) is -0.0614. The molecule has 1 saturated heterocycles. The maximum absolute atomic E-state index is 12.6. The lowest BCUT2D eigenvalue weighted by Crippen LogP contribution is -2.44. The standard InChI is InChI=1S/C19H27N3O3/c1-3-17-14-21(18(24)9-11-20-15(2)23)12-10-19(25)22(17)13-16-7-5-4-6-8-16/h4-8,17H,3,9-14H2,1-2H3,(H,20,23). The molecular weight excluding hydrogens is 318 g/mol. The minimum Gasteiger partial charge on any atom is -0.356 e. The summed E-state index contributed by atoms with van der Waals surface area (Å²) in [7, 11) is 0. The molecule has 1 aliphatic heterocycles. The van der Waals surface area contributed by atoms with Gasteiger partial charge in [-0.15, -0.1) is 0 Å². The van der Waals surface area contributed by atoms with Crippen molar-refractivity contribution in [3.8, 4) is 0 Å². The van der Waals surface area contributed by atoms with Crippen LogP contribution in [0.5, 0.6) is 0 Å². The minimum absolute atomic E-state index is 0.0124. The number of hydrogen-bond donors (Lipinski definition) is 1. The first-order valence-corrected chi connectivity index (χ1v) is 8.86. The van der Waals surface area contributed by atoms with E-state index in [1.165, 1.54) is 6.92 Å². The highest BCUT2D eigenvalue weighted by molar-refractivity contribution is 5.81. The molecule has 0 aromatic heterocycles. The second kappa shape index (κ2) is 9.20. The predicted molar refractivity (Wildman–Crippen MR) is 95.6 cm³/mol. The number of carbonyl (C=O) groups is 3. The first-order chi connectivity index (χ1) is 12.0. The summed E-state index contributed by atoms with van der Waals surface area (Å²) in [5, 5.41) is 2.64. The quantitative estimate of drug-likeness (QED) is 0.850. The molecule has 1 aromatic carbocycles. The highest BCUT2D eigenvalue weighted by atomic mass is 16.2. The fraction of sp³-hybridized carbons (Fsp3) is 0.526. The Morgan fingerprint density at radius 2 is 1.96 bits per heavy atom. The van der Waals surface area contributed by atoms with E-state index < -0.39 is 0 Å². The van der Waals surface area contributed by atoms with Crippen LogP contribution in [0, 0.1) is 0 Å². The molecule has 25 heavy (non-hydrogen) atoms. The third-order valence-corrected chi connectivity index (χ3v) is 4.52. The average Bonchev–Trinajstić information content (AvgIpc) is 2.75. The Morgan fingerprint density at radius 1 is 1.24 bits per heavy atom. The number of hydrogen-bond acceptors (Lipinski definition) is 3.